The quantitative estimate of drug-likeness (QED) is 0.856. The maximum absolute atomic E-state index is 12.5. The Morgan fingerprint density at radius 3 is 2.35 bits per heavy atom. The van der Waals surface area contributed by atoms with E-state index in [1.807, 2.05) is 4.90 Å². The van der Waals surface area contributed by atoms with Crippen LogP contribution in [0.1, 0.15) is 5.56 Å². The topological polar surface area (TPSA) is 19.4 Å². The Labute approximate surface area is 120 Å². The molecular formula is C13H15ClF3N3. The fourth-order valence-corrected chi connectivity index (χ4v) is 2.29. The monoisotopic (exact) mass is 305 g/mol. The van der Waals surface area contributed by atoms with Crippen molar-refractivity contribution in [2.24, 2.45) is 0 Å². The molecule has 0 aromatic carbocycles. The number of alkyl halides is 3. The number of piperazine rings is 1. The van der Waals surface area contributed by atoms with Gasteiger partial charge in [0.25, 0.3) is 0 Å². The predicted octanol–water partition coefficient (Wildman–Crippen LogP) is 2.97. The molecule has 0 amide bonds. The van der Waals surface area contributed by atoms with Gasteiger partial charge in [-0.15, -0.1) is 0 Å². The normalized spacial score (nSPS) is 17.3. The van der Waals surface area contributed by atoms with Gasteiger partial charge in [-0.2, -0.15) is 13.2 Å². The second kappa shape index (κ2) is 6.01. The van der Waals surface area contributed by atoms with Crippen molar-refractivity contribution >= 4 is 17.4 Å². The van der Waals surface area contributed by atoms with E-state index in [1.165, 1.54) is 6.07 Å². The Kier molecular flexibility index (Phi) is 4.55. The molecule has 110 valence electrons. The predicted molar refractivity (Wildman–Crippen MR) is 72.9 cm³/mol. The van der Waals surface area contributed by atoms with Crippen LogP contribution in [0.25, 0.3) is 0 Å². The first kappa shape index (κ1) is 15.1. The van der Waals surface area contributed by atoms with Crippen molar-refractivity contribution in [3.8, 4) is 0 Å². The molecule has 0 atom stereocenters. The van der Waals surface area contributed by atoms with Crippen molar-refractivity contribution in [2.45, 2.75) is 6.18 Å². The van der Waals surface area contributed by atoms with Gasteiger partial charge in [-0.05, 0) is 12.1 Å². The summed E-state index contributed by atoms with van der Waals surface area (Å²) in [5.41, 5.74) is -0.724. The molecule has 1 aromatic rings. The molecular weight excluding hydrogens is 291 g/mol. The first-order valence-corrected chi connectivity index (χ1v) is 6.58. The molecule has 1 aromatic heterocycles. The number of hydrogen-bond acceptors (Lipinski definition) is 3. The molecule has 1 fully saturated rings. The Hall–Kier alpha value is -1.27. The van der Waals surface area contributed by atoms with E-state index in [0.29, 0.717) is 30.5 Å². The molecule has 0 bridgehead atoms. The van der Waals surface area contributed by atoms with E-state index in [4.69, 9.17) is 11.6 Å². The highest BCUT2D eigenvalue weighted by atomic mass is 35.5. The summed E-state index contributed by atoms with van der Waals surface area (Å²) in [5, 5.41) is 0.589. The van der Waals surface area contributed by atoms with E-state index in [1.54, 1.807) is 0 Å². The average Bonchev–Trinajstić information content (AvgIpc) is 2.38. The van der Waals surface area contributed by atoms with E-state index in [9.17, 15) is 13.2 Å². The lowest BCUT2D eigenvalue weighted by molar-refractivity contribution is -0.137. The summed E-state index contributed by atoms with van der Waals surface area (Å²) in [6.07, 6.45) is -3.47. The van der Waals surface area contributed by atoms with Crippen LogP contribution in [-0.4, -0.2) is 42.6 Å². The number of hydrogen-bond donors (Lipinski definition) is 0. The van der Waals surface area contributed by atoms with Gasteiger partial charge in [0, 0.05) is 44.0 Å². The van der Waals surface area contributed by atoms with Gasteiger partial charge in [-0.25, -0.2) is 4.98 Å². The van der Waals surface area contributed by atoms with Crippen LogP contribution in [0.2, 0.25) is 0 Å². The minimum absolute atomic E-state index is 0.572. The maximum Gasteiger partial charge on any atom is 0.417 e. The van der Waals surface area contributed by atoms with E-state index in [0.717, 1.165) is 25.4 Å². The third-order valence-electron chi connectivity index (χ3n) is 3.17. The lowest BCUT2D eigenvalue weighted by atomic mass is 10.2. The number of pyridine rings is 1. The molecule has 0 aliphatic carbocycles. The summed E-state index contributed by atoms with van der Waals surface area (Å²) in [4.78, 5) is 8.01. The van der Waals surface area contributed by atoms with Gasteiger partial charge in [-0.1, -0.05) is 18.2 Å². The molecule has 0 unspecified atom stereocenters. The van der Waals surface area contributed by atoms with Crippen LogP contribution < -0.4 is 4.90 Å². The highest BCUT2D eigenvalue weighted by molar-refractivity contribution is 6.29. The van der Waals surface area contributed by atoms with Gasteiger partial charge in [0.2, 0.25) is 0 Å². The van der Waals surface area contributed by atoms with E-state index in [-0.39, 0.29) is 0 Å². The van der Waals surface area contributed by atoms with Crippen molar-refractivity contribution in [1.29, 1.82) is 0 Å². The van der Waals surface area contributed by atoms with Gasteiger partial charge >= 0.3 is 6.18 Å². The van der Waals surface area contributed by atoms with Crippen LogP contribution in [-0.2, 0) is 6.18 Å². The summed E-state index contributed by atoms with van der Waals surface area (Å²) in [6, 6.07) is 2.48. The fourth-order valence-electron chi connectivity index (χ4n) is 2.12. The van der Waals surface area contributed by atoms with Crippen LogP contribution in [0.4, 0.5) is 19.0 Å². The molecule has 2 rings (SSSR count). The lowest BCUT2D eigenvalue weighted by Crippen LogP contribution is -2.47. The van der Waals surface area contributed by atoms with E-state index in [2.05, 4.69) is 16.5 Å². The number of aromatic nitrogens is 1. The van der Waals surface area contributed by atoms with Crippen LogP contribution in [0, 0.1) is 0 Å². The van der Waals surface area contributed by atoms with E-state index < -0.39 is 11.7 Å². The summed E-state index contributed by atoms with van der Waals surface area (Å²) in [7, 11) is 0. The van der Waals surface area contributed by atoms with Crippen molar-refractivity contribution in [2.75, 3.05) is 37.6 Å². The van der Waals surface area contributed by atoms with Gasteiger partial charge in [0.05, 0.1) is 5.56 Å². The maximum atomic E-state index is 12.5. The van der Waals surface area contributed by atoms with Crippen LogP contribution in [0.15, 0.2) is 29.9 Å². The standard InChI is InChI=1S/C13H15ClF3N3/c1-10(14)9-19-4-6-20(7-5-19)12-3-2-11(8-18-12)13(15,16)17/h2-3,8H,1,4-7,9H2. The molecule has 1 aliphatic heterocycles. The SMILES string of the molecule is C=C(Cl)CN1CCN(c2ccc(C(F)(F)F)cn2)CC1. The van der Waals surface area contributed by atoms with Crippen molar-refractivity contribution in [3.63, 3.8) is 0 Å². The molecule has 1 aliphatic rings. The molecule has 2 heterocycles. The third-order valence-corrected chi connectivity index (χ3v) is 3.29. The molecule has 0 radical (unpaired) electrons. The molecule has 1 saturated heterocycles. The number of anilines is 1. The van der Waals surface area contributed by atoms with Crippen molar-refractivity contribution in [3.05, 3.63) is 35.5 Å². The Morgan fingerprint density at radius 2 is 1.90 bits per heavy atom. The minimum atomic E-state index is -4.34. The molecule has 0 N–H and O–H groups in total. The Morgan fingerprint density at radius 1 is 1.25 bits per heavy atom. The molecule has 0 spiro atoms. The largest absolute Gasteiger partial charge is 0.417 e. The van der Waals surface area contributed by atoms with Crippen LogP contribution in [0.3, 0.4) is 0 Å². The van der Waals surface area contributed by atoms with Crippen molar-refractivity contribution in [1.82, 2.24) is 9.88 Å². The third kappa shape index (κ3) is 3.86. The summed E-state index contributed by atoms with van der Waals surface area (Å²) < 4.78 is 37.4. The molecule has 7 heteroatoms. The molecule has 0 saturated carbocycles. The minimum Gasteiger partial charge on any atom is -0.354 e. The first-order chi connectivity index (χ1) is 9.36. The van der Waals surface area contributed by atoms with Gasteiger partial charge in [-0.3, -0.25) is 4.90 Å². The second-order valence-electron chi connectivity index (χ2n) is 4.68. The first-order valence-electron chi connectivity index (χ1n) is 6.20. The number of halogens is 4. The van der Waals surface area contributed by atoms with Gasteiger partial charge in [0.15, 0.2) is 0 Å². The Balaban J connectivity index is 1.95. The highest BCUT2D eigenvalue weighted by Gasteiger charge is 2.31. The van der Waals surface area contributed by atoms with E-state index >= 15 is 0 Å². The summed E-state index contributed by atoms with van der Waals surface area (Å²) in [6.45, 7) is 7.28. The van der Waals surface area contributed by atoms with Crippen LogP contribution in [0.5, 0.6) is 0 Å². The van der Waals surface area contributed by atoms with Gasteiger partial charge < -0.3 is 4.90 Å². The zero-order chi connectivity index (χ0) is 14.8. The fraction of sp³-hybridized carbons (Fsp3) is 0.462. The zero-order valence-corrected chi connectivity index (χ0v) is 11.6. The summed E-state index contributed by atoms with van der Waals surface area (Å²) in [5.74, 6) is 0.572. The number of nitrogens with zero attached hydrogens (tertiary/aromatic N) is 3. The van der Waals surface area contributed by atoms with Gasteiger partial charge in [0.1, 0.15) is 5.82 Å². The zero-order valence-electron chi connectivity index (χ0n) is 10.8. The molecule has 20 heavy (non-hydrogen) atoms. The van der Waals surface area contributed by atoms with Crippen LogP contribution >= 0.6 is 11.6 Å². The summed E-state index contributed by atoms with van der Waals surface area (Å²) >= 11 is 5.76. The Bertz CT molecular complexity index is 465. The smallest absolute Gasteiger partial charge is 0.354 e. The van der Waals surface area contributed by atoms with Crippen molar-refractivity contribution < 1.29 is 13.2 Å². The second-order valence-corrected chi connectivity index (χ2v) is 5.22. The molecule has 3 nitrogen and oxygen atoms in total. The number of rotatable bonds is 3. The highest BCUT2D eigenvalue weighted by Crippen LogP contribution is 2.29. The average molecular weight is 306 g/mol. The lowest BCUT2D eigenvalue weighted by Gasteiger charge is -2.35.